The van der Waals surface area contributed by atoms with Crippen LogP contribution in [0, 0.1) is 0 Å². The summed E-state index contributed by atoms with van der Waals surface area (Å²) in [5, 5.41) is 2.71. The van der Waals surface area contributed by atoms with E-state index < -0.39 is 0 Å². The third-order valence-electron chi connectivity index (χ3n) is 3.17. The SMILES string of the molecule is NCc1cc2ccc(-c3cc(N)ncc3Cl)cc2cn1. The topological polar surface area (TPSA) is 77.8 Å². The minimum atomic E-state index is 0.435. The number of halogens is 1. The number of pyridine rings is 2. The summed E-state index contributed by atoms with van der Waals surface area (Å²) in [6, 6.07) is 9.82. The third-order valence-corrected chi connectivity index (χ3v) is 3.48. The first-order valence-corrected chi connectivity index (χ1v) is 6.55. The lowest BCUT2D eigenvalue weighted by molar-refractivity contribution is 0.998. The van der Waals surface area contributed by atoms with Crippen LogP contribution in [0.1, 0.15) is 5.69 Å². The number of aromatic nitrogens is 2. The van der Waals surface area contributed by atoms with Gasteiger partial charge in [-0.25, -0.2) is 4.98 Å². The van der Waals surface area contributed by atoms with Gasteiger partial charge in [0.2, 0.25) is 0 Å². The summed E-state index contributed by atoms with van der Waals surface area (Å²) < 4.78 is 0. The van der Waals surface area contributed by atoms with Crippen LogP contribution in [-0.4, -0.2) is 9.97 Å². The van der Waals surface area contributed by atoms with Gasteiger partial charge in [-0.2, -0.15) is 0 Å². The minimum absolute atomic E-state index is 0.435. The molecule has 0 atom stereocenters. The molecule has 20 heavy (non-hydrogen) atoms. The maximum Gasteiger partial charge on any atom is 0.124 e. The van der Waals surface area contributed by atoms with Gasteiger partial charge in [0.15, 0.2) is 0 Å². The zero-order valence-corrected chi connectivity index (χ0v) is 11.4. The summed E-state index contributed by atoms with van der Waals surface area (Å²) in [4.78, 5) is 8.27. The Morgan fingerprint density at radius 2 is 1.85 bits per heavy atom. The van der Waals surface area contributed by atoms with Crippen LogP contribution in [0.5, 0.6) is 0 Å². The molecular weight excluding hydrogens is 272 g/mol. The highest BCUT2D eigenvalue weighted by atomic mass is 35.5. The fourth-order valence-electron chi connectivity index (χ4n) is 2.14. The molecule has 2 heterocycles. The van der Waals surface area contributed by atoms with Gasteiger partial charge in [0.25, 0.3) is 0 Å². The summed E-state index contributed by atoms with van der Waals surface area (Å²) in [6.45, 7) is 0.435. The normalized spacial score (nSPS) is 10.9. The molecule has 0 saturated heterocycles. The number of nitrogen functional groups attached to an aromatic ring is 1. The van der Waals surface area contributed by atoms with Crippen LogP contribution in [0.2, 0.25) is 5.02 Å². The maximum atomic E-state index is 6.18. The predicted octanol–water partition coefficient (Wildman–Crippen LogP) is 2.99. The second-order valence-corrected chi connectivity index (χ2v) is 4.94. The Morgan fingerprint density at radius 3 is 2.65 bits per heavy atom. The molecule has 0 aliphatic rings. The number of anilines is 1. The van der Waals surface area contributed by atoms with Gasteiger partial charge in [0.1, 0.15) is 5.82 Å². The maximum absolute atomic E-state index is 6.18. The Bertz CT molecular complexity index is 786. The lowest BCUT2D eigenvalue weighted by atomic mass is 10.0. The third kappa shape index (κ3) is 2.31. The van der Waals surface area contributed by atoms with Crippen molar-refractivity contribution in [1.82, 2.24) is 9.97 Å². The summed E-state index contributed by atoms with van der Waals surface area (Å²) in [6.07, 6.45) is 3.38. The number of hydrogen-bond acceptors (Lipinski definition) is 4. The van der Waals surface area contributed by atoms with E-state index in [-0.39, 0.29) is 0 Å². The molecule has 0 radical (unpaired) electrons. The van der Waals surface area contributed by atoms with Crippen LogP contribution in [-0.2, 0) is 6.54 Å². The van der Waals surface area contributed by atoms with Crippen molar-refractivity contribution in [3.8, 4) is 11.1 Å². The first kappa shape index (κ1) is 12.8. The molecule has 0 aliphatic heterocycles. The molecule has 0 unspecified atom stereocenters. The second-order valence-electron chi connectivity index (χ2n) is 4.53. The largest absolute Gasteiger partial charge is 0.384 e. The molecule has 2 aromatic heterocycles. The van der Waals surface area contributed by atoms with Gasteiger partial charge >= 0.3 is 0 Å². The van der Waals surface area contributed by atoms with Crippen LogP contribution in [0.15, 0.2) is 42.7 Å². The second kappa shape index (κ2) is 5.07. The fraction of sp³-hybridized carbons (Fsp3) is 0.0667. The molecule has 0 bridgehead atoms. The molecular formula is C15H13ClN4. The number of rotatable bonds is 2. The van der Waals surface area contributed by atoms with E-state index in [1.807, 2.05) is 30.5 Å². The average molecular weight is 285 g/mol. The fourth-order valence-corrected chi connectivity index (χ4v) is 2.35. The van der Waals surface area contributed by atoms with Crippen molar-refractivity contribution >= 4 is 28.2 Å². The van der Waals surface area contributed by atoms with Crippen molar-refractivity contribution in [3.63, 3.8) is 0 Å². The number of nitrogens with zero attached hydrogens (tertiary/aromatic N) is 2. The summed E-state index contributed by atoms with van der Waals surface area (Å²) in [5.41, 5.74) is 14.0. The van der Waals surface area contributed by atoms with E-state index in [2.05, 4.69) is 9.97 Å². The van der Waals surface area contributed by atoms with E-state index in [1.165, 1.54) is 0 Å². The molecule has 0 aliphatic carbocycles. The van der Waals surface area contributed by atoms with Gasteiger partial charge in [-0.15, -0.1) is 0 Å². The first-order valence-electron chi connectivity index (χ1n) is 6.17. The molecule has 1 aromatic carbocycles. The number of fused-ring (bicyclic) bond motifs is 1. The predicted molar refractivity (Wildman–Crippen MR) is 82.3 cm³/mol. The molecule has 3 aromatic rings. The van der Waals surface area contributed by atoms with Crippen LogP contribution in [0.4, 0.5) is 5.82 Å². The summed E-state index contributed by atoms with van der Waals surface area (Å²) in [5.74, 6) is 0.445. The lowest BCUT2D eigenvalue weighted by Gasteiger charge is -2.07. The van der Waals surface area contributed by atoms with Gasteiger partial charge in [-0.3, -0.25) is 4.98 Å². The highest BCUT2D eigenvalue weighted by Gasteiger charge is 2.06. The molecule has 4 nitrogen and oxygen atoms in total. The molecule has 4 N–H and O–H groups in total. The lowest BCUT2D eigenvalue weighted by Crippen LogP contribution is -1.98. The zero-order chi connectivity index (χ0) is 14.1. The Kier molecular flexibility index (Phi) is 3.26. The molecule has 100 valence electrons. The van der Waals surface area contributed by atoms with Gasteiger partial charge < -0.3 is 11.5 Å². The van der Waals surface area contributed by atoms with Gasteiger partial charge in [-0.05, 0) is 29.1 Å². The quantitative estimate of drug-likeness (QED) is 0.758. The van der Waals surface area contributed by atoms with Crippen LogP contribution in [0.25, 0.3) is 21.9 Å². The van der Waals surface area contributed by atoms with Gasteiger partial charge in [-0.1, -0.05) is 23.7 Å². The average Bonchev–Trinajstić information content (AvgIpc) is 2.48. The smallest absolute Gasteiger partial charge is 0.124 e. The number of hydrogen-bond donors (Lipinski definition) is 2. The monoisotopic (exact) mass is 284 g/mol. The van der Waals surface area contributed by atoms with Crippen molar-refractivity contribution in [2.75, 3.05) is 5.73 Å². The van der Waals surface area contributed by atoms with Crippen molar-refractivity contribution in [3.05, 3.63) is 53.4 Å². The van der Waals surface area contributed by atoms with Crippen LogP contribution >= 0.6 is 11.6 Å². The van der Waals surface area contributed by atoms with E-state index in [1.54, 1.807) is 12.3 Å². The Labute approximate surface area is 121 Å². The summed E-state index contributed by atoms with van der Waals surface area (Å²) in [7, 11) is 0. The van der Waals surface area contributed by atoms with Crippen molar-refractivity contribution < 1.29 is 0 Å². The molecule has 0 fully saturated rings. The molecule has 0 amide bonds. The van der Waals surface area contributed by atoms with Crippen molar-refractivity contribution in [1.29, 1.82) is 0 Å². The highest BCUT2D eigenvalue weighted by molar-refractivity contribution is 6.33. The molecule has 3 rings (SSSR count). The van der Waals surface area contributed by atoms with E-state index in [9.17, 15) is 0 Å². The van der Waals surface area contributed by atoms with Crippen molar-refractivity contribution in [2.45, 2.75) is 6.54 Å². The molecule has 5 heteroatoms. The van der Waals surface area contributed by atoms with E-state index in [0.29, 0.717) is 17.4 Å². The standard InChI is InChI=1S/C15H13ClN4/c16-14-8-20-15(18)5-13(14)10-2-1-9-4-12(6-17)19-7-11(9)3-10/h1-5,7-8H,6,17H2,(H2,18,20). The van der Waals surface area contributed by atoms with Crippen molar-refractivity contribution in [2.24, 2.45) is 5.73 Å². The number of nitrogens with two attached hydrogens (primary N) is 2. The highest BCUT2D eigenvalue weighted by Crippen LogP contribution is 2.30. The molecule has 0 saturated carbocycles. The minimum Gasteiger partial charge on any atom is -0.384 e. The summed E-state index contributed by atoms with van der Waals surface area (Å²) >= 11 is 6.18. The van der Waals surface area contributed by atoms with Gasteiger partial charge in [0.05, 0.1) is 10.7 Å². The van der Waals surface area contributed by atoms with Gasteiger partial charge in [0, 0.05) is 29.9 Å². The first-order chi connectivity index (χ1) is 9.67. The number of benzene rings is 1. The van der Waals surface area contributed by atoms with Crippen LogP contribution in [0.3, 0.4) is 0 Å². The van der Waals surface area contributed by atoms with E-state index in [0.717, 1.165) is 27.6 Å². The molecule has 0 spiro atoms. The van der Waals surface area contributed by atoms with Crippen LogP contribution < -0.4 is 11.5 Å². The zero-order valence-electron chi connectivity index (χ0n) is 10.7. The van der Waals surface area contributed by atoms with E-state index >= 15 is 0 Å². The van der Waals surface area contributed by atoms with E-state index in [4.69, 9.17) is 23.1 Å². The Balaban J connectivity index is 2.15. The Morgan fingerprint density at radius 1 is 1.00 bits per heavy atom. The Hall–Kier alpha value is -2.17.